The normalized spacial score (nSPS) is 10.7. The molecule has 0 saturated carbocycles. The van der Waals surface area contributed by atoms with Crippen molar-refractivity contribution in [2.75, 3.05) is 6.54 Å². The Morgan fingerprint density at radius 3 is 3.00 bits per heavy atom. The lowest BCUT2D eigenvalue weighted by Crippen LogP contribution is -2.25. The highest BCUT2D eigenvalue weighted by atomic mass is 32.1. The van der Waals surface area contributed by atoms with Crippen molar-refractivity contribution in [1.29, 1.82) is 0 Å². The predicted octanol–water partition coefficient (Wildman–Crippen LogP) is 3.15. The van der Waals surface area contributed by atoms with E-state index in [9.17, 15) is 4.79 Å². The first-order valence-electron chi connectivity index (χ1n) is 6.95. The van der Waals surface area contributed by atoms with Gasteiger partial charge in [0.05, 0.1) is 0 Å². The molecule has 3 aromatic rings. The van der Waals surface area contributed by atoms with Crippen LogP contribution in [0, 0.1) is 0 Å². The van der Waals surface area contributed by atoms with E-state index in [-0.39, 0.29) is 5.91 Å². The van der Waals surface area contributed by atoms with Gasteiger partial charge in [-0.25, -0.2) is 0 Å². The van der Waals surface area contributed by atoms with E-state index in [0.29, 0.717) is 31.1 Å². The topological polar surface area (TPSA) is 68.0 Å². The van der Waals surface area contributed by atoms with E-state index in [4.69, 9.17) is 4.52 Å². The molecule has 0 unspecified atom stereocenters. The number of hydrogen-bond acceptors (Lipinski definition) is 6. The molecule has 0 atom stereocenters. The molecule has 7 heteroatoms. The van der Waals surface area contributed by atoms with Crippen LogP contribution >= 0.6 is 22.7 Å². The molecular weight excluding hydrogens is 318 g/mol. The molecule has 1 amide bonds. The summed E-state index contributed by atoms with van der Waals surface area (Å²) in [6.07, 6.45) is 1.68. The Bertz CT molecular complexity index is 705. The zero-order valence-corrected chi connectivity index (χ0v) is 13.5. The molecule has 0 aliphatic rings. The summed E-state index contributed by atoms with van der Waals surface area (Å²) in [4.78, 5) is 17.4. The van der Waals surface area contributed by atoms with Crippen LogP contribution in [0.15, 0.2) is 38.9 Å². The number of nitrogens with zero attached hydrogens (tertiary/aromatic N) is 2. The van der Waals surface area contributed by atoms with Crippen LogP contribution in [-0.4, -0.2) is 22.6 Å². The molecule has 3 heterocycles. The van der Waals surface area contributed by atoms with Gasteiger partial charge in [0.25, 0.3) is 0 Å². The maximum atomic E-state index is 11.8. The highest BCUT2D eigenvalue weighted by Crippen LogP contribution is 2.18. The third kappa shape index (κ3) is 4.02. The fourth-order valence-electron chi connectivity index (χ4n) is 1.95. The van der Waals surface area contributed by atoms with Crippen molar-refractivity contribution < 1.29 is 9.32 Å². The van der Waals surface area contributed by atoms with Gasteiger partial charge in [0.15, 0.2) is 0 Å². The minimum atomic E-state index is 0.00633. The van der Waals surface area contributed by atoms with Gasteiger partial charge >= 0.3 is 0 Å². The Hall–Kier alpha value is -1.99. The summed E-state index contributed by atoms with van der Waals surface area (Å²) in [5.74, 6) is 1.08. The second-order valence-electron chi connectivity index (χ2n) is 4.70. The SMILES string of the molecule is O=C(CCc1nc(-c2ccsc2)no1)NCCc1cccs1. The van der Waals surface area contributed by atoms with Gasteiger partial charge in [0, 0.05) is 35.2 Å². The van der Waals surface area contributed by atoms with Gasteiger partial charge in [0.1, 0.15) is 0 Å². The lowest BCUT2D eigenvalue weighted by atomic mass is 10.2. The average molecular weight is 333 g/mol. The quantitative estimate of drug-likeness (QED) is 0.721. The van der Waals surface area contributed by atoms with Crippen molar-refractivity contribution in [2.24, 2.45) is 0 Å². The molecule has 114 valence electrons. The van der Waals surface area contributed by atoms with E-state index in [1.807, 2.05) is 28.3 Å². The molecule has 1 N–H and O–H groups in total. The first-order chi connectivity index (χ1) is 10.8. The summed E-state index contributed by atoms with van der Waals surface area (Å²) in [6, 6.07) is 6.03. The van der Waals surface area contributed by atoms with E-state index in [2.05, 4.69) is 21.5 Å². The second kappa shape index (κ2) is 7.33. The number of aromatic nitrogens is 2. The lowest BCUT2D eigenvalue weighted by Gasteiger charge is -2.02. The van der Waals surface area contributed by atoms with Gasteiger partial charge in [-0.2, -0.15) is 16.3 Å². The maximum Gasteiger partial charge on any atom is 0.227 e. The van der Waals surface area contributed by atoms with Gasteiger partial charge in [-0.15, -0.1) is 11.3 Å². The number of nitrogens with one attached hydrogen (secondary N) is 1. The summed E-state index contributed by atoms with van der Waals surface area (Å²) in [5.41, 5.74) is 0.945. The Kier molecular flexibility index (Phi) is 4.97. The molecule has 0 spiro atoms. The number of carbonyl (C=O) groups excluding carboxylic acids is 1. The minimum Gasteiger partial charge on any atom is -0.356 e. The van der Waals surface area contributed by atoms with Gasteiger partial charge < -0.3 is 9.84 Å². The van der Waals surface area contributed by atoms with Gasteiger partial charge in [0.2, 0.25) is 17.6 Å². The summed E-state index contributed by atoms with van der Waals surface area (Å²) in [6.45, 7) is 0.656. The van der Waals surface area contributed by atoms with Crippen molar-refractivity contribution in [1.82, 2.24) is 15.5 Å². The molecular formula is C15H15N3O2S2. The Morgan fingerprint density at radius 2 is 2.23 bits per heavy atom. The Balaban J connectivity index is 1.41. The highest BCUT2D eigenvalue weighted by molar-refractivity contribution is 7.09. The van der Waals surface area contributed by atoms with E-state index >= 15 is 0 Å². The number of amides is 1. The molecule has 22 heavy (non-hydrogen) atoms. The summed E-state index contributed by atoms with van der Waals surface area (Å²) in [5, 5.41) is 12.8. The van der Waals surface area contributed by atoms with Gasteiger partial charge in [-0.05, 0) is 29.3 Å². The summed E-state index contributed by atoms with van der Waals surface area (Å²) in [7, 11) is 0. The largest absolute Gasteiger partial charge is 0.356 e. The zero-order valence-electron chi connectivity index (χ0n) is 11.8. The number of thiophene rings is 2. The first-order valence-corrected chi connectivity index (χ1v) is 8.78. The third-order valence-electron chi connectivity index (χ3n) is 3.09. The maximum absolute atomic E-state index is 11.8. The Labute approximate surface area is 136 Å². The van der Waals surface area contributed by atoms with Crippen LogP contribution in [0.1, 0.15) is 17.2 Å². The predicted molar refractivity (Wildman–Crippen MR) is 87.0 cm³/mol. The number of hydrogen-bond donors (Lipinski definition) is 1. The van der Waals surface area contributed by atoms with E-state index in [1.54, 1.807) is 22.7 Å². The third-order valence-corrected chi connectivity index (χ3v) is 4.71. The molecule has 0 aliphatic carbocycles. The van der Waals surface area contributed by atoms with Crippen molar-refractivity contribution >= 4 is 28.6 Å². The standard InChI is InChI=1S/C15H15N3O2S2/c19-13(16-7-5-12-2-1-8-22-12)3-4-14-17-15(18-20-14)11-6-9-21-10-11/h1-2,6,8-10H,3-5,7H2,(H,16,19). The highest BCUT2D eigenvalue weighted by Gasteiger charge is 2.10. The molecule has 0 aromatic carbocycles. The molecule has 5 nitrogen and oxygen atoms in total. The fraction of sp³-hybridized carbons (Fsp3) is 0.267. The van der Waals surface area contributed by atoms with Crippen LogP contribution in [0.5, 0.6) is 0 Å². The summed E-state index contributed by atoms with van der Waals surface area (Å²) < 4.78 is 5.17. The van der Waals surface area contributed by atoms with Crippen LogP contribution in [-0.2, 0) is 17.6 Å². The first kappa shape index (κ1) is 14.9. The fourth-order valence-corrected chi connectivity index (χ4v) is 3.30. The van der Waals surface area contributed by atoms with Crippen molar-refractivity contribution in [2.45, 2.75) is 19.3 Å². The molecule has 0 radical (unpaired) electrons. The smallest absolute Gasteiger partial charge is 0.227 e. The van der Waals surface area contributed by atoms with Gasteiger partial charge in [-0.1, -0.05) is 11.2 Å². The van der Waals surface area contributed by atoms with Crippen LogP contribution in [0.2, 0.25) is 0 Å². The van der Waals surface area contributed by atoms with Crippen LogP contribution < -0.4 is 5.32 Å². The lowest BCUT2D eigenvalue weighted by molar-refractivity contribution is -0.121. The minimum absolute atomic E-state index is 0.00633. The van der Waals surface area contributed by atoms with E-state index in [1.165, 1.54) is 4.88 Å². The number of rotatable bonds is 7. The van der Waals surface area contributed by atoms with Crippen molar-refractivity contribution in [3.8, 4) is 11.4 Å². The van der Waals surface area contributed by atoms with Crippen LogP contribution in [0.4, 0.5) is 0 Å². The summed E-state index contributed by atoms with van der Waals surface area (Å²) >= 11 is 3.29. The number of carbonyl (C=O) groups is 1. The number of aryl methyl sites for hydroxylation is 1. The molecule has 0 bridgehead atoms. The Morgan fingerprint density at radius 1 is 1.27 bits per heavy atom. The monoisotopic (exact) mass is 333 g/mol. The van der Waals surface area contributed by atoms with E-state index in [0.717, 1.165) is 12.0 Å². The molecule has 3 rings (SSSR count). The van der Waals surface area contributed by atoms with Crippen LogP contribution in [0.25, 0.3) is 11.4 Å². The average Bonchev–Trinajstić information content (AvgIpc) is 3.26. The van der Waals surface area contributed by atoms with E-state index < -0.39 is 0 Å². The van der Waals surface area contributed by atoms with Crippen LogP contribution in [0.3, 0.4) is 0 Å². The molecule has 0 fully saturated rings. The van der Waals surface area contributed by atoms with Crippen molar-refractivity contribution in [3.05, 3.63) is 45.1 Å². The van der Waals surface area contributed by atoms with Crippen molar-refractivity contribution in [3.63, 3.8) is 0 Å². The zero-order chi connectivity index (χ0) is 15.2. The van der Waals surface area contributed by atoms with Gasteiger partial charge in [-0.3, -0.25) is 4.79 Å². The molecule has 3 aromatic heterocycles. The molecule has 0 aliphatic heterocycles. The molecule has 0 saturated heterocycles. The second-order valence-corrected chi connectivity index (χ2v) is 6.52.